The van der Waals surface area contributed by atoms with Gasteiger partial charge in [0.2, 0.25) is 0 Å². The minimum atomic E-state index is -0.391. The Morgan fingerprint density at radius 1 is 1.23 bits per heavy atom. The van der Waals surface area contributed by atoms with Crippen LogP contribution in [0.3, 0.4) is 0 Å². The lowest BCUT2D eigenvalue weighted by molar-refractivity contribution is -0.110. The van der Waals surface area contributed by atoms with Gasteiger partial charge in [-0.1, -0.05) is 24.3 Å². The van der Waals surface area contributed by atoms with E-state index >= 15 is 0 Å². The molecule has 1 aliphatic heterocycles. The normalized spacial score (nSPS) is 14.6. The van der Waals surface area contributed by atoms with Crippen molar-refractivity contribution in [1.29, 1.82) is 0 Å². The minimum Gasteiger partial charge on any atom is -0.355 e. The van der Waals surface area contributed by atoms with E-state index in [2.05, 4.69) is 10.6 Å². The van der Waals surface area contributed by atoms with Crippen molar-refractivity contribution in [2.24, 2.45) is 0 Å². The fraction of sp³-hybridized carbons (Fsp3) is 0.0588. The van der Waals surface area contributed by atoms with Gasteiger partial charge in [0, 0.05) is 35.0 Å². The van der Waals surface area contributed by atoms with E-state index in [0.717, 1.165) is 0 Å². The van der Waals surface area contributed by atoms with E-state index in [4.69, 9.17) is 0 Å². The summed E-state index contributed by atoms with van der Waals surface area (Å²) >= 11 is 0. The summed E-state index contributed by atoms with van der Waals surface area (Å²) in [6, 6.07) is 11.2. The van der Waals surface area contributed by atoms with E-state index in [1.54, 1.807) is 36.4 Å². The second-order valence-corrected chi connectivity index (χ2v) is 4.87. The van der Waals surface area contributed by atoms with E-state index in [1.165, 1.54) is 19.2 Å². The molecule has 0 bridgehead atoms. The highest BCUT2D eigenvalue weighted by molar-refractivity contribution is 6.35. The number of anilines is 1. The van der Waals surface area contributed by atoms with E-state index in [1.807, 2.05) is 0 Å². The number of rotatable bonds is 2. The standard InChI is InChI=1S/C17H13FN2O2/c1-19-16(21)11-6-7-12-13(17(22)20-15(12)9-11)8-10-4-2-3-5-14(10)18/h2-9H,1H3,(H,19,21)(H,20,22). The molecule has 110 valence electrons. The number of nitrogens with one attached hydrogen (secondary N) is 2. The molecule has 0 atom stereocenters. The van der Waals surface area contributed by atoms with Gasteiger partial charge in [-0.2, -0.15) is 0 Å². The van der Waals surface area contributed by atoms with E-state index < -0.39 is 5.82 Å². The second kappa shape index (κ2) is 5.44. The monoisotopic (exact) mass is 296 g/mol. The zero-order valence-electron chi connectivity index (χ0n) is 11.8. The molecule has 2 amide bonds. The van der Waals surface area contributed by atoms with Gasteiger partial charge >= 0.3 is 0 Å². The maximum absolute atomic E-state index is 13.7. The van der Waals surface area contributed by atoms with Crippen molar-refractivity contribution in [3.05, 3.63) is 65.0 Å². The van der Waals surface area contributed by atoms with E-state index in [9.17, 15) is 14.0 Å². The Kier molecular flexibility index (Phi) is 3.47. The summed E-state index contributed by atoms with van der Waals surface area (Å²) in [5, 5.41) is 5.22. The molecule has 22 heavy (non-hydrogen) atoms. The molecule has 2 N–H and O–H groups in total. The molecule has 5 heteroatoms. The van der Waals surface area contributed by atoms with Gasteiger partial charge in [-0.25, -0.2) is 4.39 Å². The van der Waals surface area contributed by atoms with Crippen LogP contribution in [0.1, 0.15) is 21.5 Å². The molecule has 0 saturated heterocycles. The van der Waals surface area contributed by atoms with Crippen LogP contribution in [-0.2, 0) is 4.79 Å². The number of halogens is 1. The van der Waals surface area contributed by atoms with Crippen molar-refractivity contribution in [1.82, 2.24) is 5.32 Å². The topological polar surface area (TPSA) is 58.2 Å². The van der Waals surface area contributed by atoms with Crippen molar-refractivity contribution in [3.8, 4) is 0 Å². The number of carbonyl (C=O) groups excluding carboxylic acids is 2. The van der Waals surface area contributed by atoms with E-state index in [-0.39, 0.29) is 11.8 Å². The maximum Gasteiger partial charge on any atom is 0.256 e. The van der Waals surface area contributed by atoms with E-state index in [0.29, 0.717) is 28.0 Å². The minimum absolute atomic E-state index is 0.233. The molecule has 4 nitrogen and oxygen atoms in total. The van der Waals surface area contributed by atoms with Crippen molar-refractivity contribution in [2.45, 2.75) is 0 Å². The van der Waals surface area contributed by atoms with Crippen LogP contribution in [0.5, 0.6) is 0 Å². The zero-order chi connectivity index (χ0) is 15.7. The first-order valence-corrected chi connectivity index (χ1v) is 6.74. The summed E-state index contributed by atoms with van der Waals surface area (Å²) in [4.78, 5) is 23.7. The second-order valence-electron chi connectivity index (χ2n) is 4.87. The smallest absolute Gasteiger partial charge is 0.256 e. The number of carbonyl (C=O) groups is 2. The van der Waals surface area contributed by atoms with Crippen LogP contribution >= 0.6 is 0 Å². The molecule has 0 saturated carbocycles. The molecular weight excluding hydrogens is 283 g/mol. The lowest BCUT2D eigenvalue weighted by atomic mass is 10.0. The van der Waals surface area contributed by atoms with Gasteiger partial charge in [-0.05, 0) is 24.3 Å². The van der Waals surface area contributed by atoms with Gasteiger partial charge in [0.25, 0.3) is 11.8 Å². The number of fused-ring (bicyclic) bond motifs is 1. The first-order chi connectivity index (χ1) is 10.6. The van der Waals surface area contributed by atoms with Crippen LogP contribution in [0.25, 0.3) is 11.6 Å². The summed E-state index contributed by atoms with van der Waals surface area (Å²) in [5.74, 6) is -0.936. The fourth-order valence-electron chi connectivity index (χ4n) is 2.37. The Labute approximate surface area is 126 Å². The summed E-state index contributed by atoms with van der Waals surface area (Å²) in [7, 11) is 1.54. The number of benzene rings is 2. The van der Waals surface area contributed by atoms with Crippen LogP contribution in [-0.4, -0.2) is 18.9 Å². The highest BCUT2D eigenvalue weighted by Gasteiger charge is 2.25. The van der Waals surface area contributed by atoms with Gasteiger partial charge in [0.15, 0.2) is 0 Å². The van der Waals surface area contributed by atoms with Gasteiger partial charge in [0.05, 0.1) is 0 Å². The molecule has 0 aliphatic carbocycles. The van der Waals surface area contributed by atoms with Crippen LogP contribution in [0.4, 0.5) is 10.1 Å². The molecule has 2 aromatic carbocycles. The highest BCUT2D eigenvalue weighted by Crippen LogP contribution is 2.34. The number of hydrogen-bond donors (Lipinski definition) is 2. The molecule has 0 fully saturated rings. The molecular formula is C17H13FN2O2. The van der Waals surface area contributed by atoms with Gasteiger partial charge in [0.1, 0.15) is 5.82 Å². The average Bonchev–Trinajstić information content (AvgIpc) is 2.83. The Balaban J connectivity index is 2.06. The largest absolute Gasteiger partial charge is 0.355 e. The van der Waals surface area contributed by atoms with Crippen LogP contribution in [0, 0.1) is 5.82 Å². The summed E-state index contributed by atoms with van der Waals surface area (Å²) in [6.07, 6.45) is 1.51. The third kappa shape index (κ3) is 2.37. The molecule has 3 rings (SSSR count). The molecule has 0 aromatic heterocycles. The number of amides is 2. The SMILES string of the molecule is CNC(=O)c1ccc2c(c1)NC(=O)C2=Cc1ccccc1F. The predicted octanol–water partition coefficient (Wildman–Crippen LogP) is 2.68. The van der Waals surface area contributed by atoms with Crippen molar-refractivity contribution >= 4 is 29.2 Å². The highest BCUT2D eigenvalue weighted by atomic mass is 19.1. The van der Waals surface area contributed by atoms with Gasteiger partial charge in [-0.15, -0.1) is 0 Å². The third-order valence-corrected chi connectivity index (χ3v) is 3.50. The first kappa shape index (κ1) is 14.0. The Hall–Kier alpha value is -2.95. The quantitative estimate of drug-likeness (QED) is 0.837. The third-order valence-electron chi connectivity index (χ3n) is 3.50. The lowest BCUT2D eigenvalue weighted by Crippen LogP contribution is -2.17. The Morgan fingerprint density at radius 3 is 2.73 bits per heavy atom. The summed E-state index contributed by atoms with van der Waals surface area (Å²) < 4.78 is 13.7. The van der Waals surface area contributed by atoms with Crippen LogP contribution in [0.2, 0.25) is 0 Å². The van der Waals surface area contributed by atoms with Crippen molar-refractivity contribution in [2.75, 3.05) is 12.4 Å². The van der Waals surface area contributed by atoms with Crippen LogP contribution < -0.4 is 10.6 Å². The Morgan fingerprint density at radius 2 is 2.00 bits per heavy atom. The zero-order valence-corrected chi connectivity index (χ0v) is 11.8. The maximum atomic E-state index is 13.7. The number of hydrogen-bond acceptors (Lipinski definition) is 2. The molecule has 0 spiro atoms. The van der Waals surface area contributed by atoms with Gasteiger partial charge in [-0.3, -0.25) is 9.59 Å². The molecule has 0 radical (unpaired) electrons. The molecule has 1 aliphatic rings. The van der Waals surface area contributed by atoms with Gasteiger partial charge < -0.3 is 10.6 Å². The lowest BCUT2D eigenvalue weighted by Gasteiger charge is -2.03. The molecule has 1 heterocycles. The Bertz CT molecular complexity index is 812. The van der Waals surface area contributed by atoms with Crippen LogP contribution in [0.15, 0.2) is 42.5 Å². The molecule has 0 unspecified atom stereocenters. The van der Waals surface area contributed by atoms with Crippen molar-refractivity contribution in [3.63, 3.8) is 0 Å². The predicted molar refractivity (Wildman–Crippen MR) is 82.7 cm³/mol. The fourth-order valence-corrected chi connectivity index (χ4v) is 2.37. The molecule has 2 aromatic rings. The summed E-state index contributed by atoms with van der Waals surface area (Å²) in [5.41, 5.74) is 2.38. The summed E-state index contributed by atoms with van der Waals surface area (Å²) in [6.45, 7) is 0. The van der Waals surface area contributed by atoms with Crippen molar-refractivity contribution < 1.29 is 14.0 Å². The first-order valence-electron chi connectivity index (χ1n) is 6.74. The average molecular weight is 296 g/mol.